The Balaban J connectivity index is 1.69. The predicted octanol–water partition coefficient (Wildman–Crippen LogP) is 4.60. The largest absolute Gasteiger partial charge is 0.493 e. The van der Waals surface area contributed by atoms with E-state index in [9.17, 15) is 10.1 Å². The van der Waals surface area contributed by atoms with Gasteiger partial charge in [0.25, 0.3) is 0 Å². The first kappa shape index (κ1) is 24.7. The number of fused-ring (bicyclic) bond motifs is 1. The van der Waals surface area contributed by atoms with Crippen LogP contribution in [-0.4, -0.2) is 37.5 Å². The molecule has 3 heterocycles. The van der Waals surface area contributed by atoms with Gasteiger partial charge in [0.15, 0.2) is 11.5 Å². The zero-order chi connectivity index (χ0) is 26.8. The van der Waals surface area contributed by atoms with Gasteiger partial charge in [-0.05, 0) is 29.6 Å². The highest BCUT2D eigenvalue weighted by atomic mass is 32.1. The lowest BCUT2D eigenvalue weighted by Crippen LogP contribution is -2.21. The van der Waals surface area contributed by atoms with Crippen molar-refractivity contribution in [3.05, 3.63) is 81.4 Å². The quantitative estimate of drug-likeness (QED) is 0.259. The monoisotopic (exact) mass is 530 g/mol. The highest BCUT2D eigenvalue weighted by Crippen LogP contribution is 2.49. The van der Waals surface area contributed by atoms with Crippen molar-refractivity contribution >= 4 is 17.3 Å². The van der Waals surface area contributed by atoms with Crippen LogP contribution in [0.25, 0.3) is 11.3 Å². The number of nitrogens with zero attached hydrogens (tertiary/aromatic N) is 2. The standard InChI is InChI=1S/C27H22N4O6S/c1-33-18-11-14(12-19(34-2)24(18)35-3)23-22-21(16(13-28)25(29)37-26(22)31-30-23)15-7-4-5-8-17(15)36-27(32)20-9-6-10-38-20/h4-12,21H,29H2,1-3H3,(H,30,31)/t21-/m0/s1. The highest BCUT2D eigenvalue weighted by molar-refractivity contribution is 7.12. The fourth-order valence-electron chi connectivity index (χ4n) is 4.36. The molecule has 0 saturated heterocycles. The van der Waals surface area contributed by atoms with E-state index < -0.39 is 11.9 Å². The van der Waals surface area contributed by atoms with Crippen LogP contribution in [0.3, 0.4) is 0 Å². The summed E-state index contributed by atoms with van der Waals surface area (Å²) in [6.45, 7) is 0. The van der Waals surface area contributed by atoms with E-state index >= 15 is 0 Å². The summed E-state index contributed by atoms with van der Waals surface area (Å²) in [5, 5.41) is 19.2. The molecule has 0 unspecified atom stereocenters. The molecule has 192 valence electrons. The molecule has 1 atom stereocenters. The normalized spacial score (nSPS) is 14.2. The Hall–Kier alpha value is -4.95. The van der Waals surface area contributed by atoms with E-state index in [2.05, 4.69) is 16.3 Å². The maximum absolute atomic E-state index is 12.8. The van der Waals surface area contributed by atoms with Gasteiger partial charge in [0.05, 0.1) is 38.5 Å². The number of ether oxygens (including phenoxy) is 5. The first-order valence-corrected chi connectivity index (χ1v) is 12.2. The van der Waals surface area contributed by atoms with Crippen molar-refractivity contribution < 1.29 is 28.5 Å². The smallest absolute Gasteiger partial charge is 0.353 e. The third-order valence-electron chi connectivity index (χ3n) is 6.05. The molecule has 3 N–H and O–H groups in total. The van der Waals surface area contributed by atoms with Crippen molar-refractivity contribution in [3.8, 4) is 46.2 Å². The summed E-state index contributed by atoms with van der Waals surface area (Å²) in [4.78, 5) is 13.3. The van der Waals surface area contributed by atoms with Crippen LogP contribution in [0, 0.1) is 11.3 Å². The molecule has 38 heavy (non-hydrogen) atoms. The first-order valence-electron chi connectivity index (χ1n) is 11.3. The van der Waals surface area contributed by atoms with Gasteiger partial charge in [0, 0.05) is 11.1 Å². The number of esters is 1. The molecule has 2 aromatic carbocycles. The molecule has 1 aliphatic heterocycles. The molecule has 0 spiro atoms. The number of nitrogens with two attached hydrogens (primary N) is 1. The van der Waals surface area contributed by atoms with E-state index in [0.717, 1.165) is 0 Å². The molecule has 0 amide bonds. The van der Waals surface area contributed by atoms with Crippen molar-refractivity contribution in [2.75, 3.05) is 21.3 Å². The number of aromatic nitrogens is 2. The Morgan fingerprint density at radius 2 is 1.82 bits per heavy atom. The Morgan fingerprint density at radius 1 is 1.08 bits per heavy atom. The van der Waals surface area contributed by atoms with Crippen LogP contribution in [0.2, 0.25) is 0 Å². The average molecular weight is 531 g/mol. The predicted molar refractivity (Wildman–Crippen MR) is 139 cm³/mol. The third kappa shape index (κ3) is 4.16. The van der Waals surface area contributed by atoms with Crippen molar-refractivity contribution in [1.82, 2.24) is 10.2 Å². The van der Waals surface area contributed by atoms with E-state index in [-0.39, 0.29) is 23.1 Å². The fraction of sp³-hybridized carbons (Fsp3) is 0.148. The van der Waals surface area contributed by atoms with Crippen LogP contribution in [0.4, 0.5) is 0 Å². The second-order valence-electron chi connectivity index (χ2n) is 8.06. The fourth-order valence-corrected chi connectivity index (χ4v) is 4.96. The Morgan fingerprint density at radius 3 is 2.45 bits per heavy atom. The van der Waals surface area contributed by atoms with Crippen LogP contribution in [0.1, 0.15) is 26.7 Å². The van der Waals surface area contributed by atoms with Crippen LogP contribution in [0.5, 0.6) is 28.9 Å². The molecule has 11 heteroatoms. The lowest BCUT2D eigenvalue weighted by molar-refractivity contribution is 0.0738. The molecular formula is C27H22N4O6S. The molecule has 0 aliphatic carbocycles. The average Bonchev–Trinajstić information content (AvgIpc) is 3.62. The van der Waals surface area contributed by atoms with E-state index in [1.54, 1.807) is 53.9 Å². The molecule has 0 radical (unpaired) electrons. The minimum atomic E-state index is -0.760. The number of H-pyrrole nitrogens is 1. The number of carbonyl (C=O) groups is 1. The number of benzene rings is 2. The molecule has 0 fully saturated rings. The van der Waals surface area contributed by atoms with Crippen LogP contribution in [-0.2, 0) is 0 Å². The summed E-state index contributed by atoms with van der Waals surface area (Å²) in [6, 6.07) is 16.1. The Bertz CT molecular complexity index is 1560. The molecule has 5 rings (SSSR count). The summed E-state index contributed by atoms with van der Waals surface area (Å²) >= 11 is 1.27. The van der Waals surface area contributed by atoms with Gasteiger partial charge >= 0.3 is 5.97 Å². The maximum Gasteiger partial charge on any atom is 0.353 e. The van der Waals surface area contributed by atoms with Gasteiger partial charge in [-0.1, -0.05) is 24.3 Å². The minimum absolute atomic E-state index is 0.0904. The van der Waals surface area contributed by atoms with Crippen LogP contribution >= 0.6 is 11.3 Å². The number of carbonyl (C=O) groups excluding carboxylic acids is 1. The number of para-hydroxylation sites is 1. The van der Waals surface area contributed by atoms with E-state index in [0.29, 0.717) is 44.5 Å². The second-order valence-corrected chi connectivity index (χ2v) is 9.01. The Kier molecular flexibility index (Phi) is 6.64. The molecule has 0 bridgehead atoms. The summed E-state index contributed by atoms with van der Waals surface area (Å²) in [5.74, 6) is 0.394. The molecule has 0 saturated carbocycles. The van der Waals surface area contributed by atoms with E-state index in [4.69, 9.17) is 29.4 Å². The van der Waals surface area contributed by atoms with Gasteiger partial charge in [-0.15, -0.1) is 16.4 Å². The van der Waals surface area contributed by atoms with E-state index in [1.165, 1.54) is 32.7 Å². The number of rotatable bonds is 7. The van der Waals surface area contributed by atoms with Gasteiger partial charge in [-0.2, -0.15) is 5.26 Å². The van der Waals surface area contributed by atoms with Gasteiger partial charge in [-0.3, -0.25) is 5.10 Å². The lowest BCUT2D eigenvalue weighted by Gasteiger charge is -2.25. The zero-order valence-electron chi connectivity index (χ0n) is 20.6. The zero-order valence-corrected chi connectivity index (χ0v) is 21.4. The molecule has 10 nitrogen and oxygen atoms in total. The van der Waals surface area contributed by atoms with Crippen molar-refractivity contribution in [2.24, 2.45) is 5.73 Å². The number of allylic oxidation sites excluding steroid dienone is 1. The molecule has 2 aromatic heterocycles. The van der Waals surface area contributed by atoms with Gasteiger partial charge in [0.2, 0.25) is 17.5 Å². The summed E-state index contributed by atoms with van der Waals surface area (Å²) < 4.78 is 28.0. The number of methoxy groups -OCH3 is 3. The van der Waals surface area contributed by atoms with Crippen molar-refractivity contribution in [1.29, 1.82) is 5.26 Å². The van der Waals surface area contributed by atoms with Gasteiger partial charge in [0.1, 0.15) is 22.3 Å². The van der Waals surface area contributed by atoms with E-state index in [1.807, 2.05) is 0 Å². The summed E-state index contributed by atoms with van der Waals surface area (Å²) in [5.41, 5.74) is 8.54. The number of thiophene rings is 1. The number of aromatic amines is 1. The summed E-state index contributed by atoms with van der Waals surface area (Å²) in [6.07, 6.45) is 0. The van der Waals surface area contributed by atoms with Crippen LogP contribution in [0.15, 0.2) is 65.4 Å². The SMILES string of the molecule is COc1cc(-c2[nH]nc3c2[C@@H](c2ccccc2OC(=O)c2cccs2)C(C#N)=C(N)O3)cc(OC)c1OC. The molecule has 4 aromatic rings. The second kappa shape index (κ2) is 10.2. The highest BCUT2D eigenvalue weighted by Gasteiger charge is 2.37. The lowest BCUT2D eigenvalue weighted by atomic mass is 9.82. The first-order chi connectivity index (χ1) is 18.5. The minimum Gasteiger partial charge on any atom is -0.493 e. The molecular weight excluding hydrogens is 508 g/mol. The van der Waals surface area contributed by atoms with Crippen molar-refractivity contribution in [3.63, 3.8) is 0 Å². The van der Waals surface area contributed by atoms with Crippen LogP contribution < -0.4 is 29.4 Å². The van der Waals surface area contributed by atoms with Crippen molar-refractivity contribution in [2.45, 2.75) is 5.92 Å². The van der Waals surface area contributed by atoms with Gasteiger partial charge < -0.3 is 29.4 Å². The Labute approximate surface area is 221 Å². The summed E-state index contributed by atoms with van der Waals surface area (Å²) in [7, 11) is 4.55. The maximum atomic E-state index is 12.8. The number of nitrogens with one attached hydrogen (secondary N) is 1. The molecule has 1 aliphatic rings. The topological polar surface area (TPSA) is 142 Å². The number of hydrogen-bond acceptors (Lipinski definition) is 10. The number of nitriles is 1. The third-order valence-corrected chi connectivity index (χ3v) is 6.90. The number of hydrogen-bond donors (Lipinski definition) is 2. The van der Waals surface area contributed by atoms with Gasteiger partial charge in [-0.25, -0.2) is 4.79 Å².